The van der Waals surface area contributed by atoms with Crippen molar-refractivity contribution < 1.29 is 27.7 Å². The summed E-state index contributed by atoms with van der Waals surface area (Å²) in [4.78, 5) is 34.5. The van der Waals surface area contributed by atoms with E-state index in [0.29, 0.717) is 5.69 Å². The fraction of sp³-hybridized carbons (Fsp3) is 0.176. The van der Waals surface area contributed by atoms with Crippen LogP contribution in [0.15, 0.2) is 47.4 Å². The summed E-state index contributed by atoms with van der Waals surface area (Å²) in [6.07, 6.45) is 0. The number of methoxy groups -OCH3 is 1. The van der Waals surface area contributed by atoms with E-state index in [4.69, 9.17) is 4.74 Å². The lowest BCUT2D eigenvalue weighted by molar-refractivity contribution is -0.385. The number of carbonyl (C=O) groups excluding carboxylic acids is 2. The molecule has 2 amide bonds. The Kier molecular flexibility index (Phi) is 6.85. The minimum absolute atomic E-state index is 0.00743. The summed E-state index contributed by atoms with van der Waals surface area (Å²) in [7, 11) is -1.03. The van der Waals surface area contributed by atoms with E-state index in [1.807, 2.05) is 0 Å². The van der Waals surface area contributed by atoms with Gasteiger partial charge in [0.1, 0.15) is 0 Å². The molecule has 2 aromatic rings. The van der Waals surface area contributed by atoms with E-state index in [1.165, 1.54) is 50.6 Å². The fourth-order valence-electron chi connectivity index (χ4n) is 2.28. The van der Waals surface area contributed by atoms with Crippen LogP contribution in [0.25, 0.3) is 0 Å². The van der Waals surface area contributed by atoms with Gasteiger partial charge in [-0.15, -0.1) is 0 Å². The lowest BCUT2D eigenvalue weighted by Gasteiger charge is -2.09. The highest BCUT2D eigenvalue weighted by Gasteiger charge is 2.18. The molecule has 0 unspecified atom stereocenters. The molecular formula is C17H18N4O7S. The van der Waals surface area contributed by atoms with Gasteiger partial charge >= 0.3 is 5.69 Å². The summed E-state index contributed by atoms with van der Waals surface area (Å²) in [5, 5.41) is 15.9. The van der Waals surface area contributed by atoms with Crippen LogP contribution in [0.3, 0.4) is 0 Å². The van der Waals surface area contributed by atoms with Gasteiger partial charge in [0.2, 0.25) is 15.9 Å². The predicted molar refractivity (Wildman–Crippen MR) is 103 cm³/mol. The Morgan fingerprint density at radius 3 is 2.34 bits per heavy atom. The molecule has 2 aromatic carbocycles. The lowest BCUT2D eigenvalue weighted by Crippen LogP contribution is -2.32. The second-order valence-electron chi connectivity index (χ2n) is 5.61. The van der Waals surface area contributed by atoms with E-state index in [2.05, 4.69) is 15.4 Å². The number of benzene rings is 2. The van der Waals surface area contributed by atoms with Gasteiger partial charge in [0.25, 0.3) is 5.91 Å². The van der Waals surface area contributed by atoms with Gasteiger partial charge in [0.05, 0.1) is 23.5 Å². The van der Waals surface area contributed by atoms with Crippen molar-refractivity contribution in [2.45, 2.75) is 4.90 Å². The number of amides is 2. The molecule has 29 heavy (non-hydrogen) atoms. The molecule has 154 valence electrons. The van der Waals surface area contributed by atoms with Crippen molar-refractivity contribution in [3.05, 3.63) is 58.1 Å². The average molecular weight is 422 g/mol. The highest BCUT2D eigenvalue weighted by molar-refractivity contribution is 7.89. The van der Waals surface area contributed by atoms with Crippen LogP contribution in [0.5, 0.6) is 5.75 Å². The third-order valence-electron chi connectivity index (χ3n) is 3.76. The number of nitrogens with zero attached hydrogens (tertiary/aromatic N) is 1. The van der Waals surface area contributed by atoms with Gasteiger partial charge in [-0.05, 0) is 43.4 Å². The van der Waals surface area contributed by atoms with Crippen molar-refractivity contribution >= 4 is 33.2 Å². The predicted octanol–water partition coefficient (Wildman–Crippen LogP) is 0.880. The summed E-state index contributed by atoms with van der Waals surface area (Å²) >= 11 is 0. The Bertz CT molecular complexity index is 1040. The van der Waals surface area contributed by atoms with Gasteiger partial charge in [-0.1, -0.05) is 0 Å². The second kappa shape index (κ2) is 9.12. The summed E-state index contributed by atoms with van der Waals surface area (Å²) in [6.45, 7) is -0.394. The minimum Gasteiger partial charge on any atom is -0.490 e. The number of nitro benzene ring substituents is 1. The van der Waals surface area contributed by atoms with E-state index in [0.717, 1.165) is 6.07 Å². The van der Waals surface area contributed by atoms with Gasteiger partial charge < -0.3 is 15.4 Å². The molecule has 0 aliphatic heterocycles. The van der Waals surface area contributed by atoms with E-state index in [9.17, 15) is 28.1 Å². The van der Waals surface area contributed by atoms with E-state index in [-0.39, 0.29) is 21.9 Å². The smallest absolute Gasteiger partial charge is 0.311 e. The van der Waals surface area contributed by atoms with Crippen molar-refractivity contribution in [1.29, 1.82) is 0 Å². The van der Waals surface area contributed by atoms with Gasteiger partial charge in [-0.3, -0.25) is 19.7 Å². The molecule has 0 fully saturated rings. The minimum atomic E-state index is -3.59. The number of nitrogens with one attached hydrogen (secondary N) is 3. The maximum absolute atomic E-state index is 12.1. The first-order chi connectivity index (χ1) is 13.7. The molecular weight excluding hydrogens is 404 g/mol. The number of nitro groups is 1. The summed E-state index contributed by atoms with van der Waals surface area (Å²) in [5.74, 6) is -1.24. The molecule has 0 radical (unpaired) electrons. The Morgan fingerprint density at radius 2 is 1.79 bits per heavy atom. The first-order valence-electron chi connectivity index (χ1n) is 8.12. The maximum Gasteiger partial charge on any atom is 0.311 e. The molecule has 0 saturated carbocycles. The Balaban J connectivity index is 1.98. The van der Waals surface area contributed by atoms with Crippen molar-refractivity contribution in [3.8, 4) is 5.75 Å². The zero-order valence-electron chi connectivity index (χ0n) is 15.5. The van der Waals surface area contributed by atoms with Crippen molar-refractivity contribution in [2.75, 3.05) is 26.0 Å². The molecule has 0 saturated heterocycles. The molecule has 0 aliphatic rings. The quantitative estimate of drug-likeness (QED) is 0.421. The Morgan fingerprint density at radius 1 is 1.14 bits per heavy atom. The number of anilines is 1. The van der Waals surface area contributed by atoms with Crippen LogP contribution in [0.1, 0.15) is 10.4 Å². The standard InChI is InChI=1S/C17H18N4O7S/c1-18-29(26,27)13-6-4-12(5-7-13)20-16(22)10-19-17(23)11-3-8-15(28-2)14(9-11)21(24)25/h3-9,18H,10H2,1-2H3,(H,19,23)(H,20,22). The first-order valence-corrected chi connectivity index (χ1v) is 9.60. The zero-order valence-corrected chi connectivity index (χ0v) is 16.3. The number of carbonyl (C=O) groups is 2. The van der Waals surface area contributed by atoms with Crippen LogP contribution in [0.2, 0.25) is 0 Å². The molecule has 0 atom stereocenters. The summed E-state index contributed by atoms with van der Waals surface area (Å²) < 4.78 is 30.3. The summed E-state index contributed by atoms with van der Waals surface area (Å²) in [6, 6.07) is 9.10. The van der Waals surface area contributed by atoms with Crippen molar-refractivity contribution in [1.82, 2.24) is 10.0 Å². The van der Waals surface area contributed by atoms with Crippen LogP contribution < -0.4 is 20.1 Å². The third kappa shape index (κ3) is 5.49. The lowest BCUT2D eigenvalue weighted by atomic mass is 10.1. The number of sulfonamides is 1. The largest absolute Gasteiger partial charge is 0.490 e. The van der Waals surface area contributed by atoms with Crippen LogP contribution in [-0.4, -0.2) is 45.9 Å². The molecule has 11 nitrogen and oxygen atoms in total. The Hall–Kier alpha value is -3.51. The monoisotopic (exact) mass is 422 g/mol. The molecule has 0 spiro atoms. The Labute approximate surface area is 166 Å². The highest BCUT2D eigenvalue weighted by Crippen LogP contribution is 2.27. The number of hydrogen-bond donors (Lipinski definition) is 3. The van der Waals surface area contributed by atoms with Gasteiger partial charge in [0, 0.05) is 17.3 Å². The van der Waals surface area contributed by atoms with E-state index in [1.54, 1.807) is 0 Å². The topological polar surface area (TPSA) is 157 Å². The highest BCUT2D eigenvalue weighted by atomic mass is 32.2. The number of hydrogen-bond acceptors (Lipinski definition) is 7. The SMILES string of the molecule is CNS(=O)(=O)c1ccc(NC(=O)CNC(=O)c2ccc(OC)c([N+](=O)[O-])c2)cc1. The van der Waals surface area contributed by atoms with Crippen molar-refractivity contribution in [3.63, 3.8) is 0 Å². The molecule has 0 aliphatic carbocycles. The number of rotatable bonds is 8. The van der Waals surface area contributed by atoms with Crippen molar-refractivity contribution in [2.24, 2.45) is 0 Å². The van der Waals surface area contributed by atoms with E-state index >= 15 is 0 Å². The molecule has 0 aromatic heterocycles. The van der Waals surface area contributed by atoms with Gasteiger partial charge in [0.15, 0.2) is 5.75 Å². The molecule has 12 heteroatoms. The van der Waals surface area contributed by atoms with Gasteiger partial charge in [-0.2, -0.15) is 0 Å². The van der Waals surface area contributed by atoms with E-state index < -0.39 is 33.3 Å². The fourth-order valence-corrected chi connectivity index (χ4v) is 3.01. The zero-order chi connectivity index (χ0) is 21.6. The van der Waals surface area contributed by atoms with Crippen LogP contribution in [-0.2, 0) is 14.8 Å². The summed E-state index contributed by atoms with van der Waals surface area (Å²) in [5.41, 5.74) is -0.0486. The molecule has 0 heterocycles. The third-order valence-corrected chi connectivity index (χ3v) is 5.19. The van der Waals surface area contributed by atoms with Crippen LogP contribution in [0.4, 0.5) is 11.4 Å². The molecule has 2 rings (SSSR count). The number of ether oxygens (including phenoxy) is 1. The molecule has 3 N–H and O–H groups in total. The second-order valence-corrected chi connectivity index (χ2v) is 7.49. The van der Waals surface area contributed by atoms with Crippen LogP contribution >= 0.6 is 0 Å². The van der Waals surface area contributed by atoms with Gasteiger partial charge in [-0.25, -0.2) is 13.1 Å². The average Bonchev–Trinajstić information content (AvgIpc) is 2.71. The normalized spacial score (nSPS) is 10.8. The maximum atomic E-state index is 12.1. The van der Waals surface area contributed by atoms with Crippen LogP contribution in [0, 0.1) is 10.1 Å². The first kappa shape index (κ1) is 21.8. The molecule has 0 bridgehead atoms.